The quantitative estimate of drug-likeness (QED) is 0.738. The first-order chi connectivity index (χ1) is 10.2. The number of aromatic nitrogens is 3. The molecule has 21 heavy (non-hydrogen) atoms. The predicted octanol–water partition coefficient (Wildman–Crippen LogP) is 4.10. The molecule has 0 unspecified atom stereocenters. The van der Waals surface area contributed by atoms with Gasteiger partial charge in [-0.15, -0.1) is 0 Å². The molecule has 0 spiro atoms. The number of thiazole rings is 1. The Morgan fingerprint density at radius 3 is 2.57 bits per heavy atom. The van der Waals surface area contributed by atoms with E-state index in [0.29, 0.717) is 5.69 Å². The lowest BCUT2D eigenvalue weighted by Crippen LogP contribution is -1.88. The van der Waals surface area contributed by atoms with E-state index in [0.717, 1.165) is 21.3 Å². The van der Waals surface area contributed by atoms with Gasteiger partial charge >= 0.3 is 0 Å². The number of hydrogen-bond donors (Lipinski definition) is 1. The van der Waals surface area contributed by atoms with E-state index in [2.05, 4.69) is 20.3 Å². The van der Waals surface area contributed by atoms with Crippen molar-refractivity contribution in [2.75, 3.05) is 12.4 Å². The van der Waals surface area contributed by atoms with Gasteiger partial charge in [0.1, 0.15) is 5.82 Å². The van der Waals surface area contributed by atoms with Crippen LogP contribution in [0.5, 0.6) is 0 Å². The molecule has 0 aliphatic heterocycles. The van der Waals surface area contributed by atoms with E-state index in [1.807, 2.05) is 0 Å². The first-order valence-electron chi connectivity index (χ1n) is 6.11. The Kier molecular flexibility index (Phi) is 3.81. The molecule has 3 rings (SSSR count). The predicted molar refractivity (Wildman–Crippen MR) is 83.1 cm³/mol. The zero-order valence-corrected chi connectivity index (χ0v) is 12.5. The third kappa shape index (κ3) is 2.86. The lowest BCUT2D eigenvalue weighted by atomic mass is 10.1. The van der Waals surface area contributed by atoms with Crippen LogP contribution in [0.2, 0.25) is 5.28 Å². The molecule has 0 amide bonds. The summed E-state index contributed by atoms with van der Waals surface area (Å²) >= 11 is 7.31. The summed E-state index contributed by atoms with van der Waals surface area (Å²) in [5, 5.41) is 3.94. The van der Waals surface area contributed by atoms with Crippen LogP contribution in [-0.4, -0.2) is 22.0 Å². The highest BCUT2D eigenvalue weighted by atomic mass is 35.5. The van der Waals surface area contributed by atoms with Crippen molar-refractivity contribution in [1.29, 1.82) is 0 Å². The van der Waals surface area contributed by atoms with Crippen molar-refractivity contribution in [2.24, 2.45) is 0 Å². The van der Waals surface area contributed by atoms with Crippen molar-refractivity contribution >= 4 is 28.1 Å². The number of halogens is 2. The van der Waals surface area contributed by atoms with Gasteiger partial charge in [0, 0.05) is 18.8 Å². The molecule has 2 heterocycles. The lowest BCUT2D eigenvalue weighted by molar-refractivity contribution is 0.628. The number of benzene rings is 1. The van der Waals surface area contributed by atoms with E-state index in [-0.39, 0.29) is 11.1 Å². The first kappa shape index (κ1) is 13.9. The van der Waals surface area contributed by atoms with Crippen molar-refractivity contribution in [3.63, 3.8) is 0 Å². The number of nitrogens with one attached hydrogen (secondary N) is 1. The van der Waals surface area contributed by atoms with Gasteiger partial charge in [0.25, 0.3) is 0 Å². The van der Waals surface area contributed by atoms with Gasteiger partial charge in [0.05, 0.1) is 16.3 Å². The van der Waals surface area contributed by atoms with Crippen molar-refractivity contribution in [2.45, 2.75) is 0 Å². The zero-order chi connectivity index (χ0) is 14.8. The van der Waals surface area contributed by atoms with Crippen LogP contribution >= 0.6 is 22.9 Å². The minimum Gasteiger partial charge on any atom is -0.365 e. The van der Waals surface area contributed by atoms with Crippen molar-refractivity contribution in [1.82, 2.24) is 15.0 Å². The molecule has 1 aromatic carbocycles. The summed E-state index contributed by atoms with van der Waals surface area (Å²) in [7, 11) is 1.80. The average molecular weight is 321 g/mol. The minimum absolute atomic E-state index is 0.178. The van der Waals surface area contributed by atoms with E-state index in [1.54, 1.807) is 31.4 Å². The molecule has 1 N–H and O–H groups in total. The largest absolute Gasteiger partial charge is 0.365 e. The molecule has 0 saturated heterocycles. The molecule has 0 bridgehead atoms. The van der Waals surface area contributed by atoms with Crippen LogP contribution in [-0.2, 0) is 0 Å². The third-order valence-electron chi connectivity index (χ3n) is 2.82. The number of nitrogens with zero attached hydrogens (tertiary/aromatic N) is 3. The highest BCUT2D eigenvalue weighted by Gasteiger charge is 2.16. The molecule has 0 atom stereocenters. The van der Waals surface area contributed by atoms with Crippen LogP contribution in [0.3, 0.4) is 0 Å². The van der Waals surface area contributed by atoms with Crippen molar-refractivity contribution in [3.8, 4) is 21.8 Å². The second kappa shape index (κ2) is 5.75. The van der Waals surface area contributed by atoms with Crippen LogP contribution in [0.4, 0.5) is 9.52 Å². The molecule has 106 valence electrons. The van der Waals surface area contributed by atoms with Crippen molar-refractivity contribution < 1.29 is 4.39 Å². The molecule has 4 nitrogen and oxygen atoms in total. The van der Waals surface area contributed by atoms with Crippen LogP contribution in [0.1, 0.15) is 0 Å². The topological polar surface area (TPSA) is 50.7 Å². The normalized spacial score (nSPS) is 10.6. The Labute approximate surface area is 129 Å². The maximum absolute atomic E-state index is 13.1. The van der Waals surface area contributed by atoms with Gasteiger partial charge < -0.3 is 5.32 Å². The summed E-state index contributed by atoms with van der Waals surface area (Å²) in [6, 6.07) is 7.97. The molecule has 7 heteroatoms. The molecule has 3 aromatic rings. The third-order valence-corrected chi connectivity index (χ3v) is 4.09. The lowest BCUT2D eigenvalue weighted by Gasteiger charge is -2.02. The Morgan fingerprint density at radius 1 is 1.14 bits per heavy atom. The van der Waals surface area contributed by atoms with Crippen molar-refractivity contribution in [3.05, 3.63) is 47.6 Å². The fourth-order valence-electron chi connectivity index (χ4n) is 1.87. The SMILES string of the molecule is CNc1nc(-c2ccc(F)cc2)c(-c2ccnc(Cl)n2)s1. The van der Waals surface area contributed by atoms with Gasteiger partial charge in [-0.3, -0.25) is 0 Å². The highest BCUT2D eigenvalue weighted by molar-refractivity contribution is 7.19. The molecule has 0 fully saturated rings. The molecule has 0 radical (unpaired) electrons. The van der Waals surface area contributed by atoms with Crippen LogP contribution in [0, 0.1) is 5.82 Å². The second-order valence-electron chi connectivity index (χ2n) is 4.16. The zero-order valence-electron chi connectivity index (χ0n) is 11.0. The number of rotatable bonds is 3. The molecule has 0 saturated carbocycles. The van der Waals surface area contributed by atoms with Gasteiger partial charge in [0.15, 0.2) is 5.13 Å². The minimum atomic E-state index is -0.283. The molecule has 0 aliphatic carbocycles. The Bertz CT molecular complexity index is 773. The number of hydrogen-bond acceptors (Lipinski definition) is 5. The summed E-state index contributed by atoms with van der Waals surface area (Å²) in [5.41, 5.74) is 2.24. The van der Waals surface area contributed by atoms with E-state index >= 15 is 0 Å². The first-order valence-corrected chi connectivity index (χ1v) is 7.30. The van der Waals surface area contributed by atoms with Gasteiger partial charge in [-0.2, -0.15) is 0 Å². The molecular weight excluding hydrogens is 311 g/mol. The maximum Gasteiger partial charge on any atom is 0.222 e. The van der Waals surface area contributed by atoms with E-state index in [1.165, 1.54) is 23.5 Å². The Hall–Kier alpha value is -2.05. The summed E-state index contributed by atoms with van der Waals surface area (Å²) < 4.78 is 13.1. The monoisotopic (exact) mass is 320 g/mol. The fraction of sp³-hybridized carbons (Fsp3) is 0.0714. The summed E-state index contributed by atoms with van der Waals surface area (Å²) in [4.78, 5) is 13.5. The molecule has 2 aromatic heterocycles. The summed E-state index contributed by atoms with van der Waals surface area (Å²) in [6.45, 7) is 0. The van der Waals surface area contributed by atoms with Crippen LogP contribution in [0.15, 0.2) is 36.5 Å². The van der Waals surface area contributed by atoms with Gasteiger partial charge in [0.2, 0.25) is 5.28 Å². The average Bonchev–Trinajstić information content (AvgIpc) is 2.92. The Morgan fingerprint density at radius 2 is 1.90 bits per heavy atom. The number of anilines is 1. The fourth-order valence-corrected chi connectivity index (χ4v) is 2.92. The molecule has 0 aliphatic rings. The van der Waals surface area contributed by atoms with Gasteiger partial charge in [-0.05, 0) is 41.9 Å². The van der Waals surface area contributed by atoms with Gasteiger partial charge in [-0.25, -0.2) is 19.3 Å². The second-order valence-corrected chi connectivity index (χ2v) is 5.50. The van der Waals surface area contributed by atoms with E-state index in [9.17, 15) is 4.39 Å². The summed E-state index contributed by atoms with van der Waals surface area (Å²) in [6.07, 6.45) is 1.60. The molecular formula is C14H10ClFN4S. The highest BCUT2D eigenvalue weighted by Crippen LogP contribution is 2.38. The van der Waals surface area contributed by atoms with Crippen LogP contribution in [0.25, 0.3) is 21.8 Å². The summed E-state index contributed by atoms with van der Waals surface area (Å²) in [5.74, 6) is -0.283. The van der Waals surface area contributed by atoms with E-state index < -0.39 is 0 Å². The standard InChI is InChI=1S/C14H10ClFN4S/c1-17-14-20-11(8-2-4-9(16)5-3-8)12(21-14)10-6-7-18-13(15)19-10/h2-7H,1H3,(H,17,20). The van der Waals surface area contributed by atoms with Crippen LogP contribution < -0.4 is 5.32 Å². The Balaban J connectivity index is 2.16. The maximum atomic E-state index is 13.1. The van der Waals surface area contributed by atoms with Gasteiger partial charge in [-0.1, -0.05) is 11.3 Å². The van der Waals surface area contributed by atoms with E-state index in [4.69, 9.17) is 11.6 Å². The smallest absolute Gasteiger partial charge is 0.222 e.